The molecule has 0 aliphatic carbocycles. The van der Waals surface area contributed by atoms with Crippen molar-refractivity contribution in [2.75, 3.05) is 5.73 Å². The van der Waals surface area contributed by atoms with Crippen molar-refractivity contribution < 1.29 is 9.18 Å². The van der Waals surface area contributed by atoms with Crippen molar-refractivity contribution >= 4 is 11.6 Å². The fourth-order valence-corrected chi connectivity index (χ4v) is 1.47. The van der Waals surface area contributed by atoms with E-state index >= 15 is 0 Å². The molecule has 2 N–H and O–H groups in total. The predicted octanol–water partition coefficient (Wildman–Crippen LogP) is 1.62. The summed E-state index contributed by atoms with van der Waals surface area (Å²) in [6.07, 6.45) is 3.96. The first kappa shape index (κ1) is 11.2. The lowest BCUT2D eigenvalue weighted by Crippen LogP contribution is -2.08. The molecular formula is C12H10FN3O. The lowest BCUT2D eigenvalue weighted by molar-refractivity contribution is 0.0989. The van der Waals surface area contributed by atoms with E-state index in [1.54, 1.807) is 12.1 Å². The van der Waals surface area contributed by atoms with Crippen LogP contribution in [0.5, 0.6) is 0 Å². The van der Waals surface area contributed by atoms with Crippen LogP contribution in [-0.2, 0) is 6.42 Å². The van der Waals surface area contributed by atoms with Crippen LogP contribution in [0.3, 0.4) is 0 Å². The molecule has 0 fully saturated rings. The number of nitrogens with zero attached hydrogens (tertiary/aromatic N) is 2. The van der Waals surface area contributed by atoms with Crippen molar-refractivity contribution in [2.45, 2.75) is 6.42 Å². The molecule has 0 saturated carbocycles. The van der Waals surface area contributed by atoms with Gasteiger partial charge < -0.3 is 5.73 Å². The number of pyridine rings is 2. The highest BCUT2D eigenvalue weighted by atomic mass is 19.1. The van der Waals surface area contributed by atoms with Gasteiger partial charge in [0, 0.05) is 24.4 Å². The summed E-state index contributed by atoms with van der Waals surface area (Å²) in [6.45, 7) is 0. The van der Waals surface area contributed by atoms with Crippen molar-refractivity contribution in [3.05, 3.63) is 53.7 Å². The maximum absolute atomic E-state index is 13.3. The Hall–Kier alpha value is -2.30. The van der Waals surface area contributed by atoms with Crippen molar-refractivity contribution in [1.82, 2.24) is 9.97 Å². The number of Topliss-reactive ketones (excluding diaryl/α,β-unsaturated/α-hetero) is 1. The summed E-state index contributed by atoms with van der Waals surface area (Å²) in [5.41, 5.74) is 6.22. The lowest BCUT2D eigenvalue weighted by Gasteiger charge is -2.04. The number of aromatic nitrogens is 2. The zero-order valence-electron chi connectivity index (χ0n) is 8.93. The van der Waals surface area contributed by atoms with Gasteiger partial charge in [0.15, 0.2) is 11.6 Å². The summed E-state index contributed by atoms with van der Waals surface area (Å²) in [5.74, 6) is -0.681. The van der Waals surface area contributed by atoms with E-state index in [4.69, 9.17) is 5.73 Å². The van der Waals surface area contributed by atoms with Gasteiger partial charge in [0.25, 0.3) is 0 Å². The molecule has 2 aromatic rings. The van der Waals surface area contributed by atoms with Crippen molar-refractivity contribution in [1.29, 1.82) is 0 Å². The zero-order chi connectivity index (χ0) is 12.3. The van der Waals surface area contributed by atoms with E-state index in [2.05, 4.69) is 9.97 Å². The largest absolute Gasteiger partial charge is 0.383 e. The smallest absolute Gasteiger partial charge is 0.170 e. The molecular weight excluding hydrogens is 221 g/mol. The number of carbonyl (C=O) groups excluding carboxylic acids is 1. The Balaban J connectivity index is 2.24. The van der Waals surface area contributed by atoms with Crippen LogP contribution in [0, 0.1) is 5.82 Å². The van der Waals surface area contributed by atoms with Crippen LogP contribution >= 0.6 is 0 Å². The van der Waals surface area contributed by atoms with Gasteiger partial charge >= 0.3 is 0 Å². The minimum absolute atomic E-state index is 0.0169. The van der Waals surface area contributed by atoms with E-state index in [-0.39, 0.29) is 23.6 Å². The van der Waals surface area contributed by atoms with E-state index in [1.165, 1.54) is 18.5 Å². The number of nitrogen functional groups attached to an aromatic ring is 1. The van der Waals surface area contributed by atoms with Gasteiger partial charge in [0.05, 0.1) is 11.8 Å². The number of halogens is 1. The Morgan fingerprint density at radius 3 is 2.88 bits per heavy atom. The number of hydrogen-bond acceptors (Lipinski definition) is 4. The number of rotatable bonds is 3. The molecule has 17 heavy (non-hydrogen) atoms. The molecule has 0 spiro atoms. The molecule has 86 valence electrons. The summed E-state index contributed by atoms with van der Waals surface area (Å²) < 4.78 is 13.3. The third-order valence-corrected chi connectivity index (χ3v) is 2.35. The molecule has 0 saturated heterocycles. The third kappa shape index (κ3) is 2.44. The van der Waals surface area contributed by atoms with Crippen LogP contribution in [0.15, 0.2) is 36.8 Å². The highest BCUT2D eigenvalue weighted by Crippen LogP contribution is 2.13. The molecule has 0 radical (unpaired) electrons. The molecule has 0 aromatic carbocycles. The Labute approximate surface area is 97.3 Å². The summed E-state index contributed by atoms with van der Waals surface area (Å²) in [7, 11) is 0. The highest BCUT2D eigenvalue weighted by Gasteiger charge is 2.13. The molecule has 0 bridgehead atoms. The number of anilines is 1. The SMILES string of the molecule is Nc1ncccc1CC(=O)c1ccncc1F. The molecule has 0 amide bonds. The van der Waals surface area contributed by atoms with Crippen LogP contribution in [0.4, 0.5) is 10.2 Å². The van der Waals surface area contributed by atoms with E-state index in [0.29, 0.717) is 5.56 Å². The molecule has 0 atom stereocenters. The Morgan fingerprint density at radius 2 is 2.18 bits per heavy atom. The van der Waals surface area contributed by atoms with Crippen LogP contribution in [0.25, 0.3) is 0 Å². The van der Waals surface area contributed by atoms with E-state index in [1.807, 2.05) is 0 Å². The van der Waals surface area contributed by atoms with Gasteiger partial charge in [-0.05, 0) is 12.1 Å². The number of ketones is 1. The second-order valence-electron chi connectivity index (χ2n) is 3.50. The summed E-state index contributed by atoms with van der Waals surface area (Å²) in [4.78, 5) is 19.3. The van der Waals surface area contributed by atoms with Gasteiger partial charge in [-0.25, -0.2) is 9.37 Å². The minimum Gasteiger partial charge on any atom is -0.383 e. The summed E-state index contributed by atoms with van der Waals surface area (Å²) >= 11 is 0. The average molecular weight is 231 g/mol. The van der Waals surface area contributed by atoms with Gasteiger partial charge in [0.2, 0.25) is 0 Å². The normalized spacial score (nSPS) is 10.2. The molecule has 5 heteroatoms. The monoisotopic (exact) mass is 231 g/mol. The van der Waals surface area contributed by atoms with Gasteiger partial charge in [-0.15, -0.1) is 0 Å². The molecule has 2 aromatic heterocycles. The topological polar surface area (TPSA) is 68.9 Å². The quantitative estimate of drug-likeness (QED) is 0.815. The minimum atomic E-state index is -0.625. The van der Waals surface area contributed by atoms with Gasteiger partial charge in [-0.3, -0.25) is 9.78 Å². The van der Waals surface area contributed by atoms with Crippen LogP contribution < -0.4 is 5.73 Å². The van der Waals surface area contributed by atoms with Crippen LogP contribution in [0.2, 0.25) is 0 Å². The zero-order valence-corrected chi connectivity index (χ0v) is 8.93. The average Bonchev–Trinajstić information content (AvgIpc) is 2.32. The maximum atomic E-state index is 13.3. The van der Waals surface area contributed by atoms with Crippen molar-refractivity contribution in [2.24, 2.45) is 0 Å². The first-order chi connectivity index (χ1) is 8.18. The fourth-order valence-electron chi connectivity index (χ4n) is 1.47. The molecule has 0 unspecified atom stereocenters. The highest BCUT2D eigenvalue weighted by molar-refractivity contribution is 5.98. The molecule has 0 aliphatic heterocycles. The van der Waals surface area contributed by atoms with Gasteiger partial charge in [-0.2, -0.15) is 0 Å². The second-order valence-corrected chi connectivity index (χ2v) is 3.50. The summed E-state index contributed by atoms with van der Waals surface area (Å²) in [6, 6.07) is 4.73. The van der Waals surface area contributed by atoms with Crippen molar-refractivity contribution in [3.8, 4) is 0 Å². The van der Waals surface area contributed by atoms with Gasteiger partial charge in [-0.1, -0.05) is 6.07 Å². The molecule has 2 rings (SSSR count). The van der Waals surface area contributed by atoms with Crippen LogP contribution in [-0.4, -0.2) is 15.8 Å². The predicted molar refractivity (Wildman–Crippen MR) is 60.9 cm³/mol. The maximum Gasteiger partial charge on any atom is 0.170 e. The van der Waals surface area contributed by atoms with E-state index in [0.717, 1.165) is 6.20 Å². The lowest BCUT2D eigenvalue weighted by atomic mass is 10.0. The standard InChI is InChI=1S/C12H10FN3O/c13-10-7-15-5-3-9(10)11(17)6-8-2-1-4-16-12(8)14/h1-5,7H,6H2,(H2,14,16). The first-order valence-corrected chi connectivity index (χ1v) is 5.00. The molecule has 2 heterocycles. The van der Waals surface area contributed by atoms with Gasteiger partial charge in [0.1, 0.15) is 5.82 Å². The third-order valence-electron chi connectivity index (χ3n) is 2.35. The summed E-state index contributed by atoms with van der Waals surface area (Å²) in [5, 5.41) is 0. The number of carbonyl (C=O) groups is 1. The number of hydrogen-bond donors (Lipinski definition) is 1. The Kier molecular flexibility index (Phi) is 3.09. The van der Waals surface area contributed by atoms with E-state index in [9.17, 15) is 9.18 Å². The van der Waals surface area contributed by atoms with Crippen molar-refractivity contribution in [3.63, 3.8) is 0 Å². The number of nitrogens with two attached hydrogens (primary N) is 1. The second kappa shape index (κ2) is 4.69. The first-order valence-electron chi connectivity index (χ1n) is 5.00. The van der Waals surface area contributed by atoms with E-state index < -0.39 is 5.82 Å². The van der Waals surface area contributed by atoms with Crippen LogP contribution in [0.1, 0.15) is 15.9 Å². The Morgan fingerprint density at radius 1 is 1.35 bits per heavy atom. The molecule has 4 nitrogen and oxygen atoms in total. The molecule has 0 aliphatic rings. The Bertz CT molecular complexity index is 557. The fraction of sp³-hybridized carbons (Fsp3) is 0.0833.